The summed E-state index contributed by atoms with van der Waals surface area (Å²) in [6, 6.07) is 21.5. The lowest BCUT2D eigenvalue weighted by Gasteiger charge is -2.10. The summed E-state index contributed by atoms with van der Waals surface area (Å²) < 4.78 is 0. The fourth-order valence-corrected chi connectivity index (χ4v) is 3.18. The molecule has 3 aromatic rings. The van der Waals surface area contributed by atoms with Gasteiger partial charge >= 0.3 is 0 Å². The number of fused-ring (bicyclic) bond motifs is 1. The van der Waals surface area contributed by atoms with Crippen LogP contribution in [-0.2, 0) is 6.42 Å². The van der Waals surface area contributed by atoms with Crippen molar-refractivity contribution in [2.45, 2.75) is 39.0 Å². The van der Waals surface area contributed by atoms with Gasteiger partial charge in [0.1, 0.15) is 0 Å². The number of hydrogen-bond acceptors (Lipinski definition) is 1. The Morgan fingerprint density at radius 3 is 2.22 bits per heavy atom. The summed E-state index contributed by atoms with van der Waals surface area (Å²) in [4.78, 5) is 0. The van der Waals surface area contributed by atoms with E-state index in [-0.39, 0.29) is 0 Å². The Labute approximate surface area is 139 Å². The second kappa shape index (κ2) is 7.32. The third-order valence-electron chi connectivity index (χ3n) is 4.54. The molecule has 0 aromatic heterocycles. The Balaban J connectivity index is 1.84. The van der Waals surface area contributed by atoms with E-state index in [1.165, 1.54) is 54.2 Å². The predicted molar refractivity (Wildman–Crippen MR) is 102 cm³/mol. The molecule has 2 N–H and O–H groups in total. The van der Waals surface area contributed by atoms with Gasteiger partial charge < -0.3 is 5.73 Å². The Kier molecular flexibility index (Phi) is 4.97. The van der Waals surface area contributed by atoms with Gasteiger partial charge in [-0.1, -0.05) is 80.8 Å². The molecule has 0 saturated heterocycles. The molecule has 118 valence electrons. The first-order chi connectivity index (χ1) is 11.3. The van der Waals surface area contributed by atoms with Crippen LogP contribution in [0.1, 0.15) is 38.2 Å². The van der Waals surface area contributed by atoms with Crippen molar-refractivity contribution >= 4 is 16.5 Å². The molecule has 0 aliphatic heterocycles. The van der Waals surface area contributed by atoms with Crippen LogP contribution in [0.25, 0.3) is 21.9 Å². The minimum atomic E-state index is 0.844. The molecule has 1 heteroatoms. The van der Waals surface area contributed by atoms with Crippen molar-refractivity contribution in [2.75, 3.05) is 5.73 Å². The van der Waals surface area contributed by atoms with Crippen LogP contribution in [0.2, 0.25) is 0 Å². The van der Waals surface area contributed by atoms with E-state index in [0.29, 0.717) is 0 Å². The number of hydrogen-bond donors (Lipinski definition) is 1. The second-order valence-electron chi connectivity index (χ2n) is 6.26. The van der Waals surface area contributed by atoms with Gasteiger partial charge in [-0.15, -0.1) is 0 Å². The molecule has 1 nitrogen and oxygen atoms in total. The SMILES string of the molecule is CCCCCCc1ccc(-c2ccc(N)c3ccccc23)cc1. The van der Waals surface area contributed by atoms with E-state index in [0.717, 1.165) is 11.1 Å². The van der Waals surface area contributed by atoms with E-state index < -0.39 is 0 Å². The lowest BCUT2D eigenvalue weighted by atomic mass is 9.96. The Hall–Kier alpha value is -2.28. The molecule has 0 bridgehead atoms. The molecule has 0 aliphatic carbocycles. The van der Waals surface area contributed by atoms with Gasteiger partial charge in [-0.25, -0.2) is 0 Å². The zero-order chi connectivity index (χ0) is 16.1. The number of anilines is 1. The molecular formula is C22H25N. The molecule has 23 heavy (non-hydrogen) atoms. The lowest BCUT2D eigenvalue weighted by Crippen LogP contribution is -1.90. The number of benzene rings is 3. The summed E-state index contributed by atoms with van der Waals surface area (Å²) >= 11 is 0. The van der Waals surface area contributed by atoms with Gasteiger partial charge in [-0.2, -0.15) is 0 Å². The van der Waals surface area contributed by atoms with Crippen molar-refractivity contribution in [2.24, 2.45) is 0 Å². The Morgan fingerprint density at radius 1 is 0.739 bits per heavy atom. The monoisotopic (exact) mass is 303 g/mol. The third-order valence-corrected chi connectivity index (χ3v) is 4.54. The highest BCUT2D eigenvalue weighted by atomic mass is 14.5. The van der Waals surface area contributed by atoms with Crippen LogP contribution in [0, 0.1) is 0 Å². The first kappa shape index (κ1) is 15.6. The summed E-state index contributed by atoms with van der Waals surface area (Å²) in [5.41, 5.74) is 10.9. The van der Waals surface area contributed by atoms with Crippen molar-refractivity contribution in [3.63, 3.8) is 0 Å². The van der Waals surface area contributed by atoms with Crippen molar-refractivity contribution in [1.29, 1.82) is 0 Å². The number of rotatable bonds is 6. The van der Waals surface area contributed by atoms with Gasteiger partial charge in [0, 0.05) is 11.1 Å². The number of nitrogens with two attached hydrogens (primary N) is 1. The number of aryl methyl sites for hydroxylation is 1. The molecule has 0 amide bonds. The normalized spacial score (nSPS) is 11.0. The van der Waals surface area contributed by atoms with E-state index in [1.54, 1.807) is 0 Å². The molecule has 0 atom stereocenters. The lowest BCUT2D eigenvalue weighted by molar-refractivity contribution is 0.667. The molecule has 0 spiro atoms. The van der Waals surface area contributed by atoms with Gasteiger partial charge in [0.25, 0.3) is 0 Å². The largest absolute Gasteiger partial charge is 0.398 e. The quantitative estimate of drug-likeness (QED) is 0.425. The summed E-state index contributed by atoms with van der Waals surface area (Å²) in [6.07, 6.45) is 6.44. The molecule has 3 rings (SSSR count). The maximum absolute atomic E-state index is 6.11. The van der Waals surface area contributed by atoms with Crippen LogP contribution in [0.5, 0.6) is 0 Å². The van der Waals surface area contributed by atoms with Crippen molar-refractivity contribution in [3.05, 3.63) is 66.2 Å². The number of nitrogen functional groups attached to an aromatic ring is 1. The predicted octanol–water partition coefficient (Wildman–Crippen LogP) is 6.21. The molecule has 0 aliphatic rings. The highest BCUT2D eigenvalue weighted by Crippen LogP contribution is 2.32. The highest BCUT2D eigenvalue weighted by molar-refractivity contribution is 6.02. The van der Waals surface area contributed by atoms with Crippen molar-refractivity contribution in [1.82, 2.24) is 0 Å². The van der Waals surface area contributed by atoms with Gasteiger partial charge in [-0.05, 0) is 41.0 Å². The number of unbranched alkanes of at least 4 members (excludes halogenated alkanes) is 3. The summed E-state index contributed by atoms with van der Waals surface area (Å²) in [6.45, 7) is 2.26. The zero-order valence-corrected chi connectivity index (χ0v) is 13.9. The van der Waals surface area contributed by atoms with Crippen LogP contribution in [0.3, 0.4) is 0 Å². The van der Waals surface area contributed by atoms with Crippen molar-refractivity contribution < 1.29 is 0 Å². The maximum Gasteiger partial charge on any atom is 0.0394 e. The molecule has 0 unspecified atom stereocenters. The molecule has 0 radical (unpaired) electrons. The zero-order valence-electron chi connectivity index (χ0n) is 13.9. The van der Waals surface area contributed by atoms with Crippen LogP contribution < -0.4 is 5.73 Å². The average Bonchev–Trinajstić information content (AvgIpc) is 2.60. The standard InChI is InChI=1S/C22H25N/c1-2-3-4-5-8-17-11-13-18(14-12-17)19-15-16-22(23)21-10-7-6-9-20(19)21/h6-7,9-16H,2-5,8,23H2,1H3. The molecule has 0 fully saturated rings. The van der Waals surface area contributed by atoms with Gasteiger partial charge in [0.15, 0.2) is 0 Å². The fourth-order valence-electron chi connectivity index (χ4n) is 3.18. The minimum absolute atomic E-state index is 0.844. The first-order valence-corrected chi connectivity index (χ1v) is 8.66. The minimum Gasteiger partial charge on any atom is -0.398 e. The Bertz CT molecular complexity index is 772. The van der Waals surface area contributed by atoms with E-state index in [2.05, 4.69) is 55.5 Å². The summed E-state index contributed by atoms with van der Waals surface area (Å²) in [5, 5.41) is 2.36. The topological polar surface area (TPSA) is 26.0 Å². The van der Waals surface area contributed by atoms with Gasteiger partial charge in [0.2, 0.25) is 0 Å². The third kappa shape index (κ3) is 3.56. The summed E-state index contributed by atoms with van der Waals surface area (Å²) in [5.74, 6) is 0. The van der Waals surface area contributed by atoms with E-state index in [1.807, 2.05) is 12.1 Å². The van der Waals surface area contributed by atoms with Crippen LogP contribution in [0.4, 0.5) is 5.69 Å². The van der Waals surface area contributed by atoms with Crippen LogP contribution in [0.15, 0.2) is 60.7 Å². The molecular weight excluding hydrogens is 278 g/mol. The fraction of sp³-hybridized carbons (Fsp3) is 0.273. The van der Waals surface area contributed by atoms with Gasteiger partial charge in [-0.3, -0.25) is 0 Å². The highest BCUT2D eigenvalue weighted by Gasteiger charge is 2.06. The van der Waals surface area contributed by atoms with E-state index in [9.17, 15) is 0 Å². The Morgan fingerprint density at radius 2 is 1.48 bits per heavy atom. The van der Waals surface area contributed by atoms with Crippen LogP contribution >= 0.6 is 0 Å². The smallest absolute Gasteiger partial charge is 0.0394 e. The molecule has 0 heterocycles. The van der Waals surface area contributed by atoms with E-state index in [4.69, 9.17) is 5.73 Å². The summed E-state index contributed by atoms with van der Waals surface area (Å²) in [7, 11) is 0. The molecule has 0 saturated carbocycles. The van der Waals surface area contributed by atoms with Crippen LogP contribution in [-0.4, -0.2) is 0 Å². The average molecular weight is 303 g/mol. The van der Waals surface area contributed by atoms with Crippen molar-refractivity contribution in [3.8, 4) is 11.1 Å². The maximum atomic E-state index is 6.11. The van der Waals surface area contributed by atoms with E-state index >= 15 is 0 Å². The molecule has 3 aromatic carbocycles. The second-order valence-corrected chi connectivity index (χ2v) is 6.26. The van der Waals surface area contributed by atoms with Gasteiger partial charge in [0.05, 0.1) is 0 Å². The first-order valence-electron chi connectivity index (χ1n) is 8.66.